The molecule has 3 aliphatic carbocycles. The highest BCUT2D eigenvalue weighted by Gasteiger charge is 2.57. The normalized spacial score (nSPS) is 26.2. The zero-order valence-electron chi connectivity index (χ0n) is 26.8. The average molecular weight is 628 g/mol. The number of fused-ring (bicyclic) bond motifs is 8. The van der Waals surface area contributed by atoms with Crippen molar-refractivity contribution in [2.75, 3.05) is 40.2 Å². The molecule has 2 bridgehead atoms. The molecule has 0 heterocycles. The van der Waals surface area contributed by atoms with Gasteiger partial charge < -0.3 is 19.7 Å². The molecule has 44 heavy (non-hydrogen) atoms. The molecular formula is C35H49NO7S. The fourth-order valence-corrected chi connectivity index (χ4v) is 8.04. The van der Waals surface area contributed by atoms with Gasteiger partial charge in [-0.05, 0) is 106 Å². The molecule has 8 nitrogen and oxygen atoms in total. The van der Waals surface area contributed by atoms with E-state index in [-0.39, 0.29) is 24.8 Å². The molecule has 2 N–H and O–H groups in total. The lowest BCUT2D eigenvalue weighted by Gasteiger charge is -2.45. The van der Waals surface area contributed by atoms with E-state index in [2.05, 4.69) is 19.9 Å². The highest BCUT2D eigenvalue weighted by atomic mass is 32.2. The van der Waals surface area contributed by atoms with Crippen molar-refractivity contribution in [3.8, 4) is 5.75 Å². The third kappa shape index (κ3) is 7.62. The average Bonchev–Trinajstić information content (AvgIpc) is 3.24. The van der Waals surface area contributed by atoms with Gasteiger partial charge in [-0.3, -0.25) is 4.79 Å². The van der Waals surface area contributed by atoms with Gasteiger partial charge in [0.2, 0.25) is 10.0 Å². The highest BCUT2D eigenvalue weighted by molar-refractivity contribution is 7.88. The van der Waals surface area contributed by atoms with Gasteiger partial charge in [-0.25, -0.2) is 8.42 Å². The summed E-state index contributed by atoms with van der Waals surface area (Å²) in [5.74, 6) is 0.337. The molecule has 0 unspecified atom stereocenters. The molecule has 2 aromatic carbocycles. The maximum Gasteiger partial charge on any atom is 0.211 e. The van der Waals surface area contributed by atoms with E-state index in [0.717, 1.165) is 17.5 Å². The first-order valence-corrected chi connectivity index (χ1v) is 17.5. The fraction of sp³-hybridized carbons (Fsp3) is 0.571. The van der Waals surface area contributed by atoms with E-state index in [1.54, 1.807) is 38.5 Å². The third-order valence-corrected chi connectivity index (χ3v) is 11.2. The SMILES string of the molecule is COCCCN(C[C@]1(O)CC[C@H]2c3ccc(cc3C(=O)c3ccc(OC)cc3)C[C@@H](O)CCC(C)=CCC[C@@]21C)S(C)(=O)=O. The van der Waals surface area contributed by atoms with Crippen LogP contribution in [-0.2, 0) is 21.2 Å². The van der Waals surface area contributed by atoms with E-state index in [0.29, 0.717) is 68.4 Å². The van der Waals surface area contributed by atoms with Crippen molar-refractivity contribution in [2.45, 2.75) is 82.8 Å². The first kappa shape index (κ1) is 34.3. The number of benzene rings is 2. The van der Waals surface area contributed by atoms with Crippen molar-refractivity contribution in [3.63, 3.8) is 0 Å². The van der Waals surface area contributed by atoms with Crippen LogP contribution in [0.3, 0.4) is 0 Å². The van der Waals surface area contributed by atoms with E-state index >= 15 is 0 Å². The van der Waals surface area contributed by atoms with Crippen LogP contribution in [0, 0.1) is 5.41 Å². The molecule has 4 atom stereocenters. The number of aliphatic hydroxyl groups excluding tert-OH is 1. The van der Waals surface area contributed by atoms with Crippen LogP contribution in [0.2, 0.25) is 0 Å². The standard InChI is InChI=1S/C35H49NO7S/c1-25-8-6-18-34(2)32(17-19-35(34,39)24-36(44(5,40)41)20-7-21-42-3)30-16-10-26(22-28(37)13-9-25)23-31(30)33(38)27-11-14-29(43-4)15-12-27/h8,10-12,14-16,23,28,32,37,39H,6-7,9,13,17-22,24H2,1-5H3/t28-,32-,34-,35+/m0/s1. The number of hydrogen-bond donors (Lipinski definition) is 2. The Kier molecular flexibility index (Phi) is 11.1. The van der Waals surface area contributed by atoms with E-state index in [1.165, 1.54) is 16.1 Å². The maximum absolute atomic E-state index is 14.2. The number of methoxy groups -OCH3 is 2. The Morgan fingerprint density at radius 1 is 1.09 bits per heavy atom. The van der Waals surface area contributed by atoms with E-state index in [4.69, 9.17) is 9.47 Å². The Labute approximate surface area is 263 Å². The predicted octanol–water partition coefficient (Wildman–Crippen LogP) is 5.26. The van der Waals surface area contributed by atoms with Gasteiger partial charge in [-0.2, -0.15) is 4.31 Å². The van der Waals surface area contributed by atoms with E-state index in [1.807, 2.05) is 18.2 Å². The summed E-state index contributed by atoms with van der Waals surface area (Å²) in [5, 5.41) is 23.3. The Bertz CT molecular complexity index is 1440. The number of ether oxygens (including phenoxy) is 2. The topological polar surface area (TPSA) is 113 Å². The van der Waals surface area contributed by atoms with Crippen LogP contribution in [0.5, 0.6) is 5.75 Å². The first-order chi connectivity index (χ1) is 20.8. The Morgan fingerprint density at radius 2 is 1.82 bits per heavy atom. The quantitative estimate of drug-likeness (QED) is 0.210. The van der Waals surface area contributed by atoms with Crippen molar-refractivity contribution in [3.05, 3.63) is 76.4 Å². The number of hydrogen-bond acceptors (Lipinski definition) is 7. The molecule has 9 heteroatoms. The number of ketones is 1. The van der Waals surface area contributed by atoms with Crippen molar-refractivity contribution < 1.29 is 32.9 Å². The Hall–Kier alpha value is -2.56. The second-order valence-electron chi connectivity index (χ2n) is 12.9. The molecule has 0 aliphatic heterocycles. The van der Waals surface area contributed by atoms with Gasteiger partial charge in [-0.15, -0.1) is 0 Å². The molecule has 3 aliphatic rings. The molecule has 2 aromatic rings. The number of carbonyl (C=O) groups is 1. The zero-order valence-corrected chi connectivity index (χ0v) is 27.7. The lowest BCUT2D eigenvalue weighted by atomic mass is 9.64. The second-order valence-corrected chi connectivity index (χ2v) is 14.9. The zero-order chi connectivity index (χ0) is 32.1. The second kappa shape index (κ2) is 14.3. The van der Waals surface area contributed by atoms with E-state index < -0.39 is 27.1 Å². The molecule has 1 saturated carbocycles. The summed E-state index contributed by atoms with van der Waals surface area (Å²) in [6.07, 6.45) is 7.49. The van der Waals surface area contributed by atoms with Gasteiger partial charge in [0.05, 0.1) is 25.1 Å². The summed E-state index contributed by atoms with van der Waals surface area (Å²) in [5.41, 5.74) is 1.96. The van der Waals surface area contributed by atoms with Crippen LogP contribution in [0.4, 0.5) is 0 Å². The Morgan fingerprint density at radius 3 is 2.48 bits per heavy atom. The van der Waals surface area contributed by atoms with Crippen LogP contribution in [0.15, 0.2) is 54.1 Å². The number of sulfonamides is 1. The van der Waals surface area contributed by atoms with Crippen molar-refractivity contribution in [1.82, 2.24) is 4.31 Å². The summed E-state index contributed by atoms with van der Waals surface area (Å²) in [6, 6.07) is 12.9. The molecule has 242 valence electrons. The van der Waals surface area contributed by atoms with Crippen LogP contribution in [0.25, 0.3) is 0 Å². The summed E-state index contributed by atoms with van der Waals surface area (Å²) in [6.45, 7) is 4.80. The monoisotopic (exact) mass is 627 g/mol. The molecule has 0 radical (unpaired) electrons. The molecule has 1 fully saturated rings. The van der Waals surface area contributed by atoms with Gasteiger partial charge >= 0.3 is 0 Å². The lowest BCUT2D eigenvalue weighted by Crippen LogP contribution is -2.53. The van der Waals surface area contributed by atoms with Crippen LogP contribution >= 0.6 is 0 Å². The molecule has 0 aromatic heterocycles. The number of allylic oxidation sites excluding steroid dienone is 2. The molecule has 0 spiro atoms. The van der Waals surface area contributed by atoms with Crippen LogP contribution in [0.1, 0.15) is 91.8 Å². The van der Waals surface area contributed by atoms with Crippen LogP contribution < -0.4 is 4.74 Å². The van der Waals surface area contributed by atoms with Gasteiger partial charge in [-0.1, -0.05) is 30.7 Å². The highest BCUT2D eigenvalue weighted by Crippen LogP contribution is 2.59. The van der Waals surface area contributed by atoms with Crippen LogP contribution in [-0.4, -0.2) is 80.6 Å². The summed E-state index contributed by atoms with van der Waals surface area (Å²) in [4.78, 5) is 14.2. The van der Waals surface area contributed by atoms with Crippen molar-refractivity contribution >= 4 is 15.8 Å². The van der Waals surface area contributed by atoms with Gasteiger partial charge in [0.1, 0.15) is 5.75 Å². The molecule has 0 amide bonds. The molecule has 5 rings (SSSR count). The minimum absolute atomic E-state index is 0.0166. The lowest BCUT2D eigenvalue weighted by molar-refractivity contribution is -0.0726. The van der Waals surface area contributed by atoms with Crippen molar-refractivity contribution in [1.29, 1.82) is 0 Å². The van der Waals surface area contributed by atoms with Gasteiger partial charge in [0.25, 0.3) is 0 Å². The van der Waals surface area contributed by atoms with Gasteiger partial charge in [0, 0.05) is 43.3 Å². The maximum atomic E-state index is 14.2. The summed E-state index contributed by atoms with van der Waals surface area (Å²) in [7, 11) is -0.425. The minimum Gasteiger partial charge on any atom is -0.497 e. The summed E-state index contributed by atoms with van der Waals surface area (Å²) < 4.78 is 37.7. The first-order valence-electron chi connectivity index (χ1n) is 15.6. The predicted molar refractivity (Wildman–Crippen MR) is 173 cm³/mol. The molecule has 0 saturated heterocycles. The summed E-state index contributed by atoms with van der Waals surface area (Å²) >= 11 is 0. The number of nitrogens with zero attached hydrogens (tertiary/aromatic N) is 1. The number of aliphatic hydroxyl groups is 2. The number of rotatable bonds is 10. The fourth-order valence-electron chi connectivity index (χ4n) is 7.13. The van der Waals surface area contributed by atoms with Gasteiger partial charge in [0.15, 0.2) is 5.78 Å². The van der Waals surface area contributed by atoms with Crippen molar-refractivity contribution in [2.24, 2.45) is 5.41 Å². The number of carbonyl (C=O) groups excluding carboxylic acids is 1. The third-order valence-electron chi connectivity index (χ3n) is 9.93. The Balaban J connectivity index is 1.82. The molecular weight excluding hydrogens is 578 g/mol. The minimum atomic E-state index is -3.59. The largest absolute Gasteiger partial charge is 0.497 e. The van der Waals surface area contributed by atoms with E-state index in [9.17, 15) is 23.4 Å². The smallest absolute Gasteiger partial charge is 0.211 e.